The first-order valence-corrected chi connectivity index (χ1v) is 9.13. The van der Waals surface area contributed by atoms with E-state index in [0.717, 1.165) is 18.5 Å². The number of aromatic nitrogens is 2. The Morgan fingerprint density at radius 2 is 1.70 bits per heavy atom. The Morgan fingerprint density at radius 3 is 2.37 bits per heavy atom. The second-order valence-electron chi connectivity index (χ2n) is 6.23. The Morgan fingerprint density at radius 1 is 1.04 bits per heavy atom. The maximum Gasteiger partial charge on any atom is 0.257 e. The zero-order valence-corrected chi connectivity index (χ0v) is 18.2. The number of para-hydroxylation sites is 4. The van der Waals surface area contributed by atoms with Crippen molar-refractivity contribution in [1.82, 2.24) is 4.57 Å². The third-order valence-electron chi connectivity index (χ3n) is 4.61. The van der Waals surface area contributed by atoms with Crippen LogP contribution in [0.3, 0.4) is 0 Å². The van der Waals surface area contributed by atoms with Crippen LogP contribution in [0.4, 0.5) is 0 Å². The van der Waals surface area contributed by atoms with Crippen molar-refractivity contribution in [2.24, 2.45) is 0 Å². The molecule has 0 amide bonds. The predicted molar refractivity (Wildman–Crippen MR) is 102 cm³/mol. The molecule has 0 fully saturated rings. The lowest BCUT2D eigenvalue weighted by molar-refractivity contribution is -0.686. The first-order chi connectivity index (χ1) is 12.7. The first kappa shape index (κ1) is 21.5. The number of nitrogens with zero attached hydrogens (tertiary/aromatic N) is 2. The number of aryl methyl sites for hydroxylation is 1. The van der Waals surface area contributed by atoms with E-state index < -0.39 is 6.10 Å². The lowest BCUT2D eigenvalue weighted by atomic mass is 10.3. The largest absolute Gasteiger partial charge is 1.00 e. The van der Waals surface area contributed by atoms with Crippen LogP contribution < -0.4 is 38.0 Å². The number of imidazole rings is 1. The molecule has 27 heavy (non-hydrogen) atoms. The molecule has 6 heteroatoms. The Hall–Kier alpha value is -1.80. The van der Waals surface area contributed by atoms with E-state index in [-0.39, 0.29) is 30.6 Å². The minimum atomic E-state index is -0.619. The van der Waals surface area contributed by atoms with Crippen molar-refractivity contribution in [3.63, 3.8) is 0 Å². The molecule has 5 nitrogen and oxygen atoms in total. The highest BCUT2D eigenvalue weighted by molar-refractivity contribution is 5.72. The van der Waals surface area contributed by atoms with Gasteiger partial charge in [0, 0.05) is 6.42 Å². The van der Waals surface area contributed by atoms with Crippen molar-refractivity contribution in [3.05, 3.63) is 54.4 Å². The number of hydrogen-bond acceptors (Lipinski definition) is 3. The van der Waals surface area contributed by atoms with Gasteiger partial charge in [-0.1, -0.05) is 31.2 Å². The van der Waals surface area contributed by atoms with E-state index in [1.165, 1.54) is 11.3 Å². The van der Waals surface area contributed by atoms with Crippen LogP contribution in [0.1, 0.15) is 19.7 Å². The highest BCUT2D eigenvalue weighted by Gasteiger charge is 2.24. The summed E-state index contributed by atoms with van der Waals surface area (Å²) < 4.78 is 15.6. The zero-order valence-electron chi connectivity index (χ0n) is 16.1. The van der Waals surface area contributed by atoms with E-state index >= 15 is 0 Å². The monoisotopic (exact) mass is 482 g/mol. The quantitative estimate of drug-likeness (QED) is 0.363. The molecular formula is C21H27IN2O3. The Bertz CT molecular complexity index is 879. The van der Waals surface area contributed by atoms with Gasteiger partial charge in [0.2, 0.25) is 0 Å². The van der Waals surface area contributed by atoms with E-state index in [0.29, 0.717) is 18.0 Å². The normalized spacial score (nSPS) is 11.9. The van der Waals surface area contributed by atoms with Crippen LogP contribution in [0.25, 0.3) is 11.0 Å². The average molecular weight is 482 g/mol. The summed E-state index contributed by atoms with van der Waals surface area (Å²) in [6.45, 7) is 5.91. The third-order valence-corrected chi connectivity index (χ3v) is 4.61. The second kappa shape index (κ2) is 9.94. The summed E-state index contributed by atoms with van der Waals surface area (Å²) in [5.74, 6) is 2.53. The van der Waals surface area contributed by atoms with E-state index in [2.05, 4.69) is 41.2 Å². The summed E-state index contributed by atoms with van der Waals surface area (Å²) in [5, 5.41) is 10.6. The number of aliphatic hydroxyl groups is 1. The number of methoxy groups -OCH3 is 1. The van der Waals surface area contributed by atoms with E-state index in [4.69, 9.17) is 9.47 Å². The van der Waals surface area contributed by atoms with Gasteiger partial charge in [-0.25, -0.2) is 9.13 Å². The number of hydrogen-bond donors (Lipinski definition) is 1. The van der Waals surface area contributed by atoms with Gasteiger partial charge in [-0.05, 0) is 31.2 Å². The van der Waals surface area contributed by atoms with Gasteiger partial charge in [0.1, 0.15) is 19.3 Å². The summed E-state index contributed by atoms with van der Waals surface area (Å²) >= 11 is 0. The Labute approximate surface area is 177 Å². The van der Waals surface area contributed by atoms with E-state index in [1.54, 1.807) is 7.11 Å². The van der Waals surface area contributed by atoms with Crippen LogP contribution in [-0.2, 0) is 19.5 Å². The number of benzene rings is 2. The molecule has 0 aliphatic carbocycles. The molecule has 0 spiro atoms. The SMILES string of the molecule is CCc1n(CC)c2ccccc2[n+]1CC(O)COc1ccccc1OC.[I-]. The van der Waals surface area contributed by atoms with Gasteiger partial charge >= 0.3 is 0 Å². The molecule has 0 saturated carbocycles. The van der Waals surface area contributed by atoms with Crippen LogP contribution in [-0.4, -0.2) is 29.5 Å². The fourth-order valence-corrected chi connectivity index (χ4v) is 3.47. The lowest BCUT2D eigenvalue weighted by Crippen LogP contribution is -3.00. The molecule has 1 heterocycles. The molecule has 3 aromatic rings. The van der Waals surface area contributed by atoms with E-state index in [1.807, 2.05) is 30.3 Å². The first-order valence-electron chi connectivity index (χ1n) is 9.13. The van der Waals surface area contributed by atoms with Gasteiger partial charge in [0.05, 0.1) is 13.7 Å². The molecule has 0 saturated heterocycles. The molecule has 0 aliphatic heterocycles. The fraction of sp³-hybridized carbons (Fsp3) is 0.381. The molecule has 3 rings (SSSR count). The topological polar surface area (TPSA) is 47.5 Å². The Balaban J connectivity index is 0.00000261. The van der Waals surface area contributed by atoms with Crippen LogP contribution in [0.5, 0.6) is 11.5 Å². The predicted octanol–water partition coefficient (Wildman–Crippen LogP) is -0.0364. The van der Waals surface area contributed by atoms with Crippen molar-refractivity contribution < 1.29 is 43.1 Å². The minimum Gasteiger partial charge on any atom is -1.00 e. The van der Waals surface area contributed by atoms with Crippen LogP contribution in [0, 0.1) is 0 Å². The number of rotatable bonds is 8. The molecule has 2 aromatic carbocycles. The Kier molecular flexibility index (Phi) is 7.91. The van der Waals surface area contributed by atoms with Crippen molar-refractivity contribution in [2.45, 2.75) is 39.5 Å². The van der Waals surface area contributed by atoms with Gasteiger partial charge in [0.25, 0.3) is 5.82 Å². The van der Waals surface area contributed by atoms with Gasteiger partial charge < -0.3 is 38.6 Å². The molecule has 0 aliphatic rings. The van der Waals surface area contributed by atoms with Crippen LogP contribution >= 0.6 is 0 Å². The molecule has 1 unspecified atom stereocenters. The summed E-state index contributed by atoms with van der Waals surface area (Å²) in [5.41, 5.74) is 2.34. The molecule has 1 N–H and O–H groups in total. The van der Waals surface area contributed by atoms with Gasteiger partial charge in [-0.3, -0.25) is 0 Å². The van der Waals surface area contributed by atoms with E-state index in [9.17, 15) is 5.11 Å². The lowest BCUT2D eigenvalue weighted by Gasteiger charge is -2.14. The third kappa shape index (κ3) is 4.55. The molecule has 0 bridgehead atoms. The standard InChI is InChI=1S/C21H27N2O3.HI/c1-4-21-22(5-2)17-10-6-7-11-18(17)23(21)14-16(24)15-26-20-13-9-8-12-19(20)25-3;/h6-13,16,24H,4-5,14-15H2,1-3H3;1H/q+1;/p-1. The highest BCUT2D eigenvalue weighted by atomic mass is 127. The van der Waals surface area contributed by atoms with Crippen molar-refractivity contribution in [2.75, 3.05) is 13.7 Å². The number of ether oxygens (including phenoxy) is 2. The number of halogens is 1. The smallest absolute Gasteiger partial charge is 0.257 e. The molecule has 1 atom stereocenters. The second-order valence-corrected chi connectivity index (χ2v) is 6.23. The average Bonchev–Trinajstić information content (AvgIpc) is 2.99. The summed E-state index contributed by atoms with van der Waals surface area (Å²) in [6.07, 6.45) is 0.286. The molecule has 146 valence electrons. The molecule has 0 radical (unpaired) electrons. The highest BCUT2D eigenvalue weighted by Crippen LogP contribution is 2.25. The number of aliphatic hydroxyl groups excluding tert-OH is 1. The fourth-order valence-electron chi connectivity index (χ4n) is 3.47. The summed E-state index contributed by atoms with van der Waals surface area (Å²) in [6, 6.07) is 15.8. The maximum atomic E-state index is 10.6. The molecule has 1 aromatic heterocycles. The van der Waals surface area contributed by atoms with Crippen molar-refractivity contribution in [1.29, 1.82) is 0 Å². The van der Waals surface area contributed by atoms with Gasteiger partial charge in [-0.2, -0.15) is 0 Å². The van der Waals surface area contributed by atoms with Gasteiger partial charge in [0.15, 0.2) is 22.5 Å². The van der Waals surface area contributed by atoms with Crippen LogP contribution in [0.15, 0.2) is 48.5 Å². The van der Waals surface area contributed by atoms with Crippen LogP contribution in [0.2, 0.25) is 0 Å². The van der Waals surface area contributed by atoms with Crippen molar-refractivity contribution >= 4 is 11.0 Å². The number of fused-ring (bicyclic) bond motifs is 1. The molecular weight excluding hydrogens is 455 g/mol. The summed E-state index contributed by atoms with van der Waals surface area (Å²) in [7, 11) is 1.61. The van der Waals surface area contributed by atoms with Gasteiger partial charge in [-0.15, -0.1) is 0 Å². The minimum absolute atomic E-state index is 0. The summed E-state index contributed by atoms with van der Waals surface area (Å²) in [4.78, 5) is 0. The maximum absolute atomic E-state index is 10.6. The zero-order chi connectivity index (χ0) is 18.5. The van der Waals surface area contributed by atoms with Crippen molar-refractivity contribution in [3.8, 4) is 11.5 Å².